The van der Waals surface area contributed by atoms with Crippen molar-refractivity contribution in [2.75, 3.05) is 0 Å². The van der Waals surface area contributed by atoms with Crippen molar-refractivity contribution in [1.82, 2.24) is 0 Å². The molecule has 0 aromatic heterocycles. The first-order valence-corrected chi connectivity index (χ1v) is 28.9. The van der Waals surface area contributed by atoms with Crippen LogP contribution in [0, 0.1) is 13.8 Å². The summed E-state index contributed by atoms with van der Waals surface area (Å²) in [5.74, 6) is 0. The Bertz CT molecular complexity index is 1580. The molecule has 0 aliphatic rings. The minimum atomic E-state index is -0.826. The molecule has 0 spiro atoms. The van der Waals surface area contributed by atoms with Gasteiger partial charge in [-0.1, -0.05) is 135 Å². The second-order valence-electron chi connectivity index (χ2n) is 9.90. The van der Waals surface area contributed by atoms with Crippen LogP contribution in [0.5, 0.6) is 0 Å². The molecule has 0 saturated carbocycles. The van der Waals surface area contributed by atoms with Crippen molar-refractivity contribution in [3.8, 4) is 0 Å². The molecule has 0 bridgehead atoms. The number of aryl methyl sites for hydroxylation is 2. The van der Waals surface area contributed by atoms with Crippen molar-refractivity contribution in [2.45, 2.75) is 26.9 Å². The van der Waals surface area contributed by atoms with Crippen molar-refractivity contribution in [2.24, 2.45) is 0 Å². The van der Waals surface area contributed by atoms with Crippen LogP contribution in [-0.2, 0) is 41.7 Å². The Hall–Kier alpha value is -1.28. The van der Waals surface area contributed by atoms with Crippen LogP contribution in [0.25, 0.3) is 45.8 Å². The van der Waals surface area contributed by atoms with Crippen LogP contribution in [0.3, 0.4) is 0 Å². The van der Waals surface area contributed by atoms with Crippen LogP contribution in [0.15, 0.2) is 121 Å². The fourth-order valence-corrected chi connectivity index (χ4v) is 4.61. The number of hydrogen-bond donors (Lipinski definition) is 0. The average Bonchev–Trinajstić information content (AvgIpc) is 3.63. The second kappa shape index (κ2) is 24.0. The second-order valence-corrected chi connectivity index (χ2v) is 18.4. The summed E-state index contributed by atoms with van der Waals surface area (Å²) >= 11 is -1.65. The van der Waals surface area contributed by atoms with E-state index in [1.807, 2.05) is 12.1 Å². The third-order valence-corrected chi connectivity index (χ3v) is 6.37. The molecular weight excluding hydrogens is 809 g/mol. The van der Waals surface area contributed by atoms with Gasteiger partial charge < -0.3 is 0 Å². The zero-order valence-electron chi connectivity index (χ0n) is 25.9. The van der Waals surface area contributed by atoms with E-state index >= 15 is 0 Å². The molecule has 0 amide bonds. The number of rotatable bonds is 4. The Morgan fingerprint density at radius 1 is 0.578 bits per heavy atom. The van der Waals surface area contributed by atoms with E-state index in [1.54, 1.807) is 0 Å². The summed E-state index contributed by atoms with van der Waals surface area (Å²) in [5.41, 5.74) is 7.68. The van der Waals surface area contributed by atoms with E-state index in [0.717, 1.165) is 9.52 Å². The maximum atomic E-state index is 4.93. The van der Waals surface area contributed by atoms with E-state index in [4.69, 9.17) is 34.1 Å². The molecule has 0 atom stereocenters. The van der Waals surface area contributed by atoms with E-state index < -0.39 is 41.7 Å². The molecule has 0 nitrogen and oxygen atoms in total. The van der Waals surface area contributed by atoms with Gasteiger partial charge in [-0.05, 0) is 11.1 Å². The number of fused-ring (bicyclic) bond motifs is 2. The van der Waals surface area contributed by atoms with Gasteiger partial charge in [-0.3, -0.25) is 0 Å². The molecule has 6 aromatic carbocycles. The van der Waals surface area contributed by atoms with Gasteiger partial charge in [0.1, 0.15) is 0 Å². The molecule has 0 fully saturated rings. The number of hydrogen-bond acceptors (Lipinski definition) is 0. The zero-order valence-corrected chi connectivity index (χ0v) is 34.8. The zero-order chi connectivity index (χ0) is 32.9. The van der Waals surface area contributed by atoms with Gasteiger partial charge in [-0.25, -0.2) is 0 Å². The Labute approximate surface area is 309 Å². The predicted molar refractivity (Wildman–Crippen MR) is 200 cm³/mol. The Balaban J connectivity index is 0.000000249. The molecule has 228 valence electrons. The van der Waals surface area contributed by atoms with Crippen molar-refractivity contribution >= 4 is 89.4 Å². The van der Waals surface area contributed by atoms with Gasteiger partial charge in [-0.2, -0.15) is 12.1 Å². The fraction of sp³-hybridized carbons (Fsp3) is 0.105. The molecule has 0 N–H and O–H groups in total. The van der Waals surface area contributed by atoms with Crippen LogP contribution >= 0.6 is 34.1 Å². The summed E-state index contributed by atoms with van der Waals surface area (Å²) in [7, 11) is 20.8. The fourth-order valence-electron chi connectivity index (χ4n) is 4.61. The molecule has 0 saturated heterocycles. The molecule has 0 aliphatic carbocycles. The SMILES string of the molecule is C[Si]C.Cc1cc2c(C=Cc3ccccc3)cccc2[cH-]1.Cc1cc2c(C=Cc3ccccc3)cccc2[cH-]1.[Cl][Zr+2][Cl].[Cl][Zr][Cl]. The number of benzene rings is 4. The quantitative estimate of drug-likeness (QED) is 0.0942. The van der Waals surface area contributed by atoms with E-state index in [2.05, 4.69) is 160 Å². The normalized spacial score (nSPS) is 10.0. The van der Waals surface area contributed by atoms with Crippen molar-refractivity contribution in [3.63, 3.8) is 0 Å². The van der Waals surface area contributed by atoms with E-state index in [9.17, 15) is 0 Å². The van der Waals surface area contributed by atoms with Gasteiger partial charge in [0, 0.05) is 9.52 Å². The van der Waals surface area contributed by atoms with E-state index in [0.29, 0.717) is 0 Å². The van der Waals surface area contributed by atoms with Gasteiger partial charge in [0.05, 0.1) is 0 Å². The van der Waals surface area contributed by atoms with Crippen LogP contribution in [-0.4, -0.2) is 9.52 Å². The number of halogens is 4. The molecule has 45 heavy (non-hydrogen) atoms. The van der Waals surface area contributed by atoms with Crippen molar-refractivity contribution in [1.29, 1.82) is 0 Å². The standard InChI is InChI=1S/2C18H15.C2H6Si.4ClH.2Zr/c2*1-14-12-17-9-5-8-16(18(17)13-14)11-10-15-6-3-2-4-7-15;1-3-2;;;;;;/h2*2-13H,1H3;1-2H3;4*1H;;/q2*-1;;;;;;+2;+4/p-4. The molecule has 0 unspecified atom stereocenters. The molecular formula is C38H36Cl4SiZr2. The van der Waals surface area contributed by atoms with Gasteiger partial charge in [0.15, 0.2) is 0 Å². The van der Waals surface area contributed by atoms with Crippen LogP contribution in [0.2, 0.25) is 13.1 Å². The van der Waals surface area contributed by atoms with Gasteiger partial charge in [0.25, 0.3) is 0 Å². The van der Waals surface area contributed by atoms with E-state index in [1.165, 1.54) is 54.9 Å². The molecule has 6 rings (SSSR count). The van der Waals surface area contributed by atoms with Crippen molar-refractivity contribution in [3.05, 3.63) is 155 Å². The Morgan fingerprint density at radius 2 is 0.911 bits per heavy atom. The third-order valence-electron chi connectivity index (χ3n) is 6.37. The summed E-state index contributed by atoms with van der Waals surface area (Å²) < 4.78 is 0. The molecule has 0 aliphatic heterocycles. The molecule has 7 heteroatoms. The summed E-state index contributed by atoms with van der Waals surface area (Å²) in [4.78, 5) is 0. The van der Waals surface area contributed by atoms with Crippen LogP contribution in [0.4, 0.5) is 0 Å². The summed E-state index contributed by atoms with van der Waals surface area (Å²) in [6.07, 6.45) is 8.71. The van der Waals surface area contributed by atoms with Crippen LogP contribution < -0.4 is 0 Å². The third kappa shape index (κ3) is 15.0. The molecule has 2 radical (unpaired) electrons. The monoisotopic (exact) mass is 840 g/mol. The van der Waals surface area contributed by atoms with Crippen LogP contribution in [0.1, 0.15) is 33.4 Å². The van der Waals surface area contributed by atoms with Gasteiger partial charge in [-0.15, -0.1) is 69.1 Å². The Kier molecular flexibility index (Phi) is 21.2. The molecule has 6 aromatic rings. The Morgan fingerprint density at radius 3 is 1.24 bits per heavy atom. The maximum absolute atomic E-state index is 4.93. The van der Waals surface area contributed by atoms with Crippen molar-refractivity contribution < 1.29 is 41.7 Å². The summed E-state index contributed by atoms with van der Waals surface area (Å²) in [5, 5.41) is 5.31. The topological polar surface area (TPSA) is 0 Å². The van der Waals surface area contributed by atoms with Gasteiger partial charge in [0.2, 0.25) is 0 Å². The summed E-state index contributed by atoms with van der Waals surface area (Å²) in [6, 6.07) is 42.7. The summed E-state index contributed by atoms with van der Waals surface area (Å²) in [6.45, 7) is 8.59. The minimum absolute atomic E-state index is 0.826. The van der Waals surface area contributed by atoms with Gasteiger partial charge >= 0.3 is 75.7 Å². The predicted octanol–water partition coefficient (Wildman–Crippen LogP) is 13.6. The molecule has 0 heterocycles. The first-order valence-electron chi connectivity index (χ1n) is 14.2. The first kappa shape index (κ1) is 39.9. The first-order chi connectivity index (χ1) is 21.9. The average molecular weight is 845 g/mol. The van der Waals surface area contributed by atoms with E-state index in [-0.39, 0.29) is 0 Å².